The van der Waals surface area contributed by atoms with Crippen molar-refractivity contribution in [2.24, 2.45) is 11.8 Å². The van der Waals surface area contributed by atoms with Crippen LogP contribution in [0.15, 0.2) is 42.5 Å². The van der Waals surface area contributed by atoms with Gasteiger partial charge in [0.25, 0.3) is 0 Å². The molecule has 0 aliphatic carbocycles. The molecule has 3 nitrogen and oxygen atoms in total. The molecule has 0 radical (unpaired) electrons. The smallest absolute Gasteiger partial charge is 0.0612 e. The number of benzene rings is 1. The molecule has 2 N–H and O–H groups in total. The van der Waals surface area contributed by atoms with Crippen molar-refractivity contribution in [2.45, 2.75) is 76.1 Å². The van der Waals surface area contributed by atoms with Crippen LogP contribution < -0.4 is 0 Å². The monoisotopic (exact) mass is 358 g/mol. The third kappa shape index (κ3) is 5.42. The van der Waals surface area contributed by atoms with Crippen LogP contribution in [0.5, 0.6) is 0 Å². The summed E-state index contributed by atoms with van der Waals surface area (Å²) in [5, 5.41) is 19.2. The molecule has 26 heavy (non-hydrogen) atoms. The van der Waals surface area contributed by atoms with Crippen molar-refractivity contribution in [3.63, 3.8) is 0 Å². The Balaban J connectivity index is 1.42. The maximum atomic E-state index is 10.4. The summed E-state index contributed by atoms with van der Waals surface area (Å²) in [7, 11) is 0. The number of unbranched alkanes of at least 4 members (excludes halogenated alkanes) is 2. The van der Waals surface area contributed by atoms with Gasteiger partial charge in [-0.05, 0) is 68.8 Å². The lowest BCUT2D eigenvalue weighted by atomic mass is 9.74. The normalized spacial score (nSPS) is 28.8. The molecule has 5 atom stereocenters. The summed E-state index contributed by atoms with van der Waals surface area (Å²) in [5.74, 6) is 1.31. The van der Waals surface area contributed by atoms with Gasteiger partial charge in [-0.2, -0.15) is 0 Å². The second kappa shape index (κ2) is 10.2. The van der Waals surface area contributed by atoms with Crippen molar-refractivity contribution in [3.05, 3.63) is 48.0 Å². The van der Waals surface area contributed by atoms with E-state index in [0.717, 1.165) is 25.7 Å². The molecule has 0 saturated carbocycles. The molecule has 2 saturated heterocycles. The summed E-state index contributed by atoms with van der Waals surface area (Å²) >= 11 is 0. The average Bonchev–Trinajstić information content (AvgIpc) is 3.25. The van der Waals surface area contributed by atoms with Crippen molar-refractivity contribution in [1.29, 1.82) is 0 Å². The van der Waals surface area contributed by atoms with E-state index in [0.29, 0.717) is 24.0 Å². The number of aliphatic hydroxyl groups is 2. The minimum atomic E-state index is -0.249. The molecule has 0 amide bonds. The van der Waals surface area contributed by atoms with E-state index >= 15 is 0 Å². The summed E-state index contributed by atoms with van der Waals surface area (Å²) in [5.41, 5.74) is 1.22. The van der Waals surface area contributed by atoms with Gasteiger partial charge in [-0.3, -0.25) is 0 Å². The molecule has 3 rings (SSSR count). The summed E-state index contributed by atoms with van der Waals surface area (Å²) in [6, 6.07) is 10.3. The maximum absolute atomic E-state index is 10.4. The number of aliphatic hydroxyl groups excluding tert-OH is 2. The van der Waals surface area contributed by atoms with Crippen molar-refractivity contribution < 1.29 is 14.9 Å². The van der Waals surface area contributed by atoms with Crippen LogP contribution in [-0.2, 0) is 11.2 Å². The zero-order valence-electron chi connectivity index (χ0n) is 15.8. The minimum Gasteiger partial charge on any atom is -0.393 e. The maximum Gasteiger partial charge on any atom is 0.0612 e. The van der Waals surface area contributed by atoms with Crippen molar-refractivity contribution in [3.8, 4) is 0 Å². The van der Waals surface area contributed by atoms with Crippen LogP contribution >= 0.6 is 0 Å². The zero-order chi connectivity index (χ0) is 18.2. The molecule has 2 aliphatic heterocycles. The van der Waals surface area contributed by atoms with Crippen LogP contribution in [-0.4, -0.2) is 35.1 Å². The molecule has 2 fully saturated rings. The lowest BCUT2D eigenvalue weighted by molar-refractivity contribution is 0.0831. The van der Waals surface area contributed by atoms with E-state index < -0.39 is 0 Å². The summed E-state index contributed by atoms with van der Waals surface area (Å²) in [4.78, 5) is 0. The van der Waals surface area contributed by atoms with Crippen LogP contribution in [0, 0.1) is 11.8 Å². The highest BCUT2D eigenvalue weighted by molar-refractivity contribution is 5.15. The van der Waals surface area contributed by atoms with Gasteiger partial charge in [0.05, 0.1) is 24.9 Å². The predicted molar refractivity (Wildman–Crippen MR) is 105 cm³/mol. The first-order valence-corrected chi connectivity index (χ1v) is 10.4. The van der Waals surface area contributed by atoms with Crippen molar-refractivity contribution in [1.82, 2.24) is 0 Å². The summed E-state index contributed by atoms with van der Waals surface area (Å²) in [6.07, 6.45) is 14.4. The van der Waals surface area contributed by atoms with Gasteiger partial charge in [-0.1, -0.05) is 48.9 Å². The second-order valence-corrected chi connectivity index (χ2v) is 7.98. The summed E-state index contributed by atoms with van der Waals surface area (Å²) < 4.78 is 6.21. The van der Waals surface area contributed by atoms with Crippen LogP contribution in [0.1, 0.15) is 56.9 Å². The van der Waals surface area contributed by atoms with E-state index in [1.54, 1.807) is 0 Å². The minimum absolute atomic E-state index is 0.146. The van der Waals surface area contributed by atoms with Gasteiger partial charge in [0.1, 0.15) is 0 Å². The third-order valence-electron chi connectivity index (χ3n) is 6.17. The summed E-state index contributed by atoms with van der Waals surface area (Å²) in [6.45, 7) is 0.146. The number of hydrogen-bond donors (Lipinski definition) is 2. The van der Waals surface area contributed by atoms with E-state index in [1.165, 1.54) is 37.7 Å². The van der Waals surface area contributed by atoms with Crippen molar-refractivity contribution in [2.75, 3.05) is 6.61 Å². The molecule has 1 aromatic carbocycles. The van der Waals surface area contributed by atoms with E-state index in [-0.39, 0.29) is 12.7 Å². The Bertz CT molecular complexity index is 542. The molecule has 0 spiro atoms. The van der Waals surface area contributed by atoms with E-state index in [9.17, 15) is 5.11 Å². The average molecular weight is 359 g/mol. The highest BCUT2D eigenvalue weighted by Gasteiger charge is 2.47. The number of ether oxygens (including phenoxy) is 1. The molecule has 1 unspecified atom stereocenters. The molecule has 144 valence electrons. The molecule has 2 heterocycles. The lowest BCUT2D eigenvalue weighted by Gasteiger charge is -2.28. The largest absolute Gasteiger partial charge is 0.393 e. The Morgan fingerprint density at radius 2 is 1.73 bits per heavy atom. The Labute approximate surface area is 158 Å². The Hall–Kier alpha value is -1.16. The van der Waals surface area contributed by atoms with Gasteiger partial charge in [0.2, 0.25) is 0 Å². The van der Waals surface area contributed by atoms with Gasteiger partial charge >= 0.3 is 0 Å². The fraction of sp³-hybridized carbons (Fsp3) is 0.652. The zero-order valence-corrected chi connectivity index (χ0v) is 15.8. The molecular formula is C23H34O3. The highest BCUT2D eigenvalue weighted by atomic mass is 16.5. The van der Waals surface area contributed by atoms with Gasteiger partial charge < -0.3 is 14.9 Å². The number of rotatable bonds is 11. The fourth-order valence-electron chi connectivity index (χ4n) is 4.88. The quantitative estimate of drug-likeness (QED) is 0.459. The predicted octanol–water partition coefficient (Wildman–Crippen LogP) is 4.27. The first-order valence-electron chi connectivity index (χ1n) is 10.4. The molecular weight excluding hydrogens is 324 g/mol. The van der Waals surface area contributed by atoms with Crippen LogP contribution in [0.4, 0.5) is 0 Å². The number of fused-ring (bicyclic) bond motifs is 2. The Morgan fingerprint density at radius 1 is 1.00 bits per heavy atom. The first kappa shape index (κ1) is 19.6. The Kier molecular flexibility index (Phi) is 7.72. The van der Waals surface area contributed by atoms with Gasteiger partial charge in [0, 0.05) is 0 Å². The third-order valence-corrected chi connectivity index (χ3v) is 6.17. The van der Waals surface area contributed by atoms with Crippen LogP contribution in [0.3, 0.4) is 0 Å². The molecule has 0 aromatic heterocycles. The fourth-order valence-corrected chi connectivity index (χ4v) is 4.88. The molecule has 2 bridgehead atoms. The highest BCUT2D eigenvalue weighted by Crippen LogP contribution is 2.47. The van der Waals surface area contributed by atoms with Gasteiger partial charge in [0.15, 0.2) is 0 Å². The van der Waals surface area contributed by atoms with E-state index in [4.69, 9.17) is 9.84 Å². The topological polar surface area (TPSA) is 49.7 Å². The Morgan fingerprint density at radius 3 is 2.46 bits per heavy atom. The second-order valence-electron chi connectivity index (χ2n) is 7.98. The SMILES string of the molecule is OCC=CCCCC[C@@H]1[C@H](CCC(O)Cc2ccccc2)[C@@H]2CC[C@H]1O2. The molecule has 3 heteroatoms. The van der Waals surface area contributed by atoms with Gasteiger partial charge in [-0.25, -0.2) is 0 Å². The van der Waals surface area contributed by atoms with Crippen molar-refractivity contribution >= 4 is 0 Å². The van der Waals surface area contributed by atoms with Crippen LogP contribution in [0.25, 0.3) is 0 Å². The van der Waals surface area contributed by atoms with Crippen LogP contribution in [0.2, 0.25) is 0 Å². The molecule has 1 aromatic rings. The van der Waals surface area contributed by atoms with E-state index in [1.807, 2.05) is 24.3 Å². The van der Waals surface area contributed by atoms with E-state index in [2.05, 4.69) is 18.2 Å². The first-order chi connectivity index (χ1) is 12.8. The standard InChI is InChI=1S/C23H34O3/c24-16-8-3-1-2-7-11-20-21(23-15-14-22(20)26-23)13-12-19(25)17-18-9-5-4-6-10-18/h3-6,8-10,19-25H,1-2,7,11-17H2/t19?,20-,21+,22-,23+/m1/s1. The number of hydrogen-bond acceptors (Lipinski definition) is 3. The van der Waals surface area contributed by atoms with Gasteiger partial charge in [-0.15, -0.1) is 0 Å². The number of allylic oxidation sites excluding steroid dienone is 1. The molecule has 2 aliphatic rings. The lowest BCUT2D eigenvalue weighted by Crippen LogP contribution is -2.28.